The number of hydrogen-bond acceptors (Lipinski definition) is 1. The second-order valence-electron chi connectivity index (χ2n) is 5.12. The molecule has 15 heavy (non-hydrogen) atoms. The zero-order valence-electron chi connectivity index (χ0n) is 10.2. The largest absolute Gasteiger partial charge is 0.254 e. The van der Waals surface area contributed by atoms with Crippen LogP contribution in [0.2, 0.25) is 0 Å². The molecule has 2 heteroatoms. The van der Waals surface area contributed by atoms with Gasteiger partial charge in [0.2, 0.25) is 0 Å². The lowest BCUT2D eigenvalue weighted by Gasteiger charge is -2.19. The maximum atomic E-state index is 11.8. The average molecular weight is 224 g/mol. The van der Waals surface area contributed by atoms with Crippen molar-refractivity contribution in [3.8, 4) is 0 Å². The minimum absolute atomic E-state index is 0.165. The third-order valence-corrected chi connectivity index (χ3v) is 3.97. The number of benzene rings is 1. The molecule has 0 saturated heterocycles. The van der Waals surface area contributed by atoms with Crippen molar-refractivity contribution >= 4 is 10.8 Å². The van der Waals surface area contributed by atoms with E-state index in [1.54, 1.807) is 0 Å². The topological polar surface area (TPSA) is 17.1 Å². The molecule has 0 aliphatic rings. The van der Waals surface area contributed by atoms with E-state index in [1.807, 2.05) is 26.0 Å². The molecule has 0 fully saturated rings. The van der Waals surface area contributed by atoms with E-state index in [9.17, 15) is 4.21 Å². The molecule has 0 saturated carbocycles. The van der Waals surface area contributed by atoms with E-state index >= 15 is 0 Å². The number of hydrogen-bond donors (Lipinski definition) is 0. The van der Waals surface area contributed by atoms with Crippen molar-refractivity contribution in [2.45, 2.75) is 50.2 Å². The molecule has 1 aromatic carbocycles. The Morgan fingerprint density at radius 2 is 1.53 bits per heavy atom. The SMILES string of the molecule is CC(C)S(=O)c1ccc(C(C)(C)C)cc1. The Labute approximate surface area is 95.4 Å². The molecule has 0 bridgehead atoms. The van der Waals surface area contributed by atoms with Crippen LogP contribution in [-0.4, -0.2) is 9.46 Å². The van der Waals surface area contributed by atoms with Crippen molar-refractivity contribution < 1.29 is 4.21 Å². The lowest BCUT2D eigenvalue weighted by atomic mass is 9.87. The van der Waals surface area contributed by atoms with Crippen molar-refractivity contribution in [2.24, 2.45) is 0 Å². The molecule has 1 unspecified atom stereocenters. The second-order valence-corrected chi connectivity index (χ2v) is 7.13. The maximum absolute atomic E-state index is 11.8. The van der Waals surface area contributed by atoms with Gasteiger partial charge in [-0.05, 0) is 23.1 Å². The summed E-state index contributed by atoms with van der Waals surface area (Å²) in [5, 5.41) is 0.186. The molecule has 0 aliphatic heterocycles. The highest BCUT2D eigenvalue weighted by molar-refractivity contribution is 7.85. The van der Waals surface area contributed by atoms with Crippen LogP contribution in [0.3, 0.4) is 0 Å². The fraction of sp³-hybridized carbons (Fsp3) is 0.538. The Morgan fingerprint density at radius 3 is 1.87 bits per heavy atom. The van der Waals surface area contributed by atoms with E-state index in [2.05, 4.69) is 32.9 Å². The van der Waals surface area contributed by atoms with Crippen LogP contribution in [0.5, 0.6) is 0 Å². The summed E-state index contributed by atoms with van der Waals surface area (Å²) in [6.07, 6.45) is 0. The summed E-state index contributed by atoms with van der Waals surface area (Å²) >= 11 is 0. The summed E-state index contributed by atoms with van der Waals surface area (Å²) in [5.41, 5.74) is 1.45. The quantitative estimate of drug-likeness (QED) is 0.751. The van der Waals surface area contributed by atoms with Crippen LogP contribution in [0.1, 0.15) is 40.2 Å². The summed E-state index contributed by atoms with van der Waals surface area (Å²) in [6, 6.07) is 8.12. The summed E-state index contributed by atoms with van der Waals surface area (Å²) in [5.74, 6) is 0. The second kappa shape index (κ2) is 4.48. The van der Waals surface area contributed by atoms with Crippen LogP contribution in [0, 0.1) is 0 Å². The van der Waals surface area contributed by atoms with Gasteiger partial charge in [-0.15, -0.1) is 0 Å². The molecule has 0 heterocycles. The predicted octanol–water partition coefficient (Wildman–Crippen LogP) is 3.50. The molecule has 0 radical (unpaired) electrons. The van der Waals surface area contributed by atoms with Gasteiger partial charge in [0.05, 0.1) is 10.8 Å². The third kappa shape index (κ3) is 3.16. The van der Waals surface area contributed by atoms with Crippen molar-refractivity contribution in [1.82, 2.24) is 0 Å². The first kappa shape index (κ1) is 12.4. The van der Waals surface area contributed by atoms with Gasteiger partial charge in [-0.25, -0.2) is 0 Å². The lowest BCUT2D eigenvalue weighted by molar-refractivity contribution is 0.589. The van der Waals surface area contributed by atoms with Crippen molar-refractivity contribution in [3.63, 3.8) is 0 Å². The van der Waals surface area contributed by atoms with E-state index in [4.69, 9.17) is 0 Å². The molecular formula is C13H20OS. The van der Waals surface area contributed by atoms with Crippen molar-refractivity contribution in [2.75, 3.05) is 0 Å². The predicted molar refractivity (Wildman–Crippen MR) is 66.7 cm³/mol. The van der Waals surface area contributed by atoms with Gasteiger partial charge in [0.1, 0.15) is 0 Å². The Kier molecular flexibility index (Phi) is 3.72. The highest BCUT2D eigenvalue weighted by Crippen LogP contribution is 2.23. The molecule has 84 valence electrons. The first-order valence-electron chi connectivity index (χ1n) is 5.33. The Morgan fingerprint density at radius 1 is 1.07 bits per heavy atom. The summed E-state index contributed by atoms with van der Waals surface area (Å²) in [7, 11) is -0.870. The van der Waals surface area contributed by atoms with E-state index in [0.29, 0.717) is 0 Å². The maximum Gasteiger partial charge on any atom is 0.0555 e. The molecule has 0 spiro atoms. The molecular weight excluding hydrogens is 204 g/mol. The van der Waals surface area contributed by atoms with Gasteiger partial charge in [-0.1, -0.05) is 46.8 Å². The molecule has 0 N–H and O–H groups in total. The third-order valence-electron chi connectivity index (χ3n) is 2.38. The molecule has 0 aromatic heterocycles. The van der Waals surface area contributed by atoms with E-state index < -0.39 is 10.8 Å². The highest BCUT2D eigenvalue weighted by atomic mass is 32.2. The molecule has 0 amide bonds. The first-order chi connectivity index (χ1) is 6.82. The summed E-state index contributed by atoms with van der Waals surface area (Å²) in [6.45, 7) is 10.5. The van der Waals surface area contributed by atoms with Gasteiger partial charge in [0, 0.05) is 10.1 Å². The van der Waals surface area contributed by atoms with Gasteiger partial charge in [0.15, 0.2) is 0 Å². The van der Waals surface area contributed by atoms with Crippen molar-refractivity contribution in [3.05, 3.63) is 29.8 Å². The monoisotopic (exact) mass is 224 g/mol. The zero-order chi connectivity index (χ0) is 11.6. The van der Waals surface area contributed by atoms with Crippen LogP contribution in [0.4, 0.5) is 0 Å². The summed E-state index contributed by atoms with van der Waals surface area (Å²) < 4.78 is 11.8. The van der Waals surface area contributed by atoms with E-state index in [1.165, 1.54) is 5.56 Å². The van der Waals surface area contributed by atoms with Crippen molar-refractivity contribution in [1.29, 1.82) is 0 Å². The standard InChI is InChI=1S/C13H20OS/c1-10(2)15(14)12-8-6-11(7-9-12)13(3,4)5/h6-10H,1-5H3. The number of rotatable bonds is 2. The van der Waals surface area contributed by atoms with Crippen LogP contribution in [-0.2, 0) is 16.2 Å². The van der Waals surface area contributed by atoms with Crippen LogP contribution in [0.15, 0.2) is 29.2 Å². The van der Waals surface area contributed by atoms with E-state index in [0.717, 1.165) is 4.90 Å². The van der Waals surface area contributed by atoms with Gasteiger partial charge in [-0.2, -0.15) is 0 Å². The Bertz CT molecular complexity index is 344. The molecule has 0 aliphatic carbocycles. The summed E-state index contributed by atoms with van der Waals surface area (Å²) in [4.78, 5) is 0.929. The fourth-order valence-electron chi connectivity index (χ4n) is 1.36. The lowest BCUT2D eigenvalue weighted by Crippen LogP contribution is -2.11. The van der Waals surface area contributed by atoms with Gasteiger partial charge < -0.3 is 0 Å². The highest BCUT2D eigenvalue weighted by Gasteiger charge is 2.14. The Hall–Kier alpha value is -0.630. The van der Waals surface area contributed by atoms with Crippen LogP contribution < -0.4 is 0 Å². The molecule has 1 rings (SSSR count). The van der Waals surface area contributed by atoms with Gasteiger partial charge >= 0.3 is 0 Å². The average Bonchev–Trinajstić information content (AvgIpc) is 2.15. The molecule has 1 aromatic rings. The normalized spacial score (nSPS) is 14.3. The van der Waals surface area contributed by atoms with Crippen LogP contribution >= 0.6 is 0 Å². The van der Waals surface area contributed by atoms with Gasteiger partial charge in [0.25, 0.3) is 0 Å². The van der Waals surface area contributed by atoms with Crippen LogP contribution in [0.25, 0.3) is 0 Å². The zero-order valence-corrected chi connectivity index (χ0v) is 11.0. The molecule has 1 nitrogen and oxygen atoms in total. The Balaban J connectivity index is 2.96. The smallest absolute Gasteiger partial charge is 0.0555 e. The minimum Gasteiger partial charge on any atom is -0.254 e. The minimum atomic E-state index is -0.870. The molecule has 1 atom stereocenters. The fourth-order valence-corrected chi connectivity index (χ4v) is 2.31. The first-order valence-corrected chi connectivity index (χ1v) is 6.55. The van der Waals surface area contributed by atoms with Gasteiger partial charge in [-0.3, -0.25) is 4.21 Å². The van der Waals surface area contributed by atoms with E-state index in [-0.39, 0.29) is 10.7 Å².